The van der Waals surface area contributed by atoms with Crippen molar-refractivity contribution >= 4 is 5.97 Å². The molecule has 0 aliphatic heterocycles. The van der Waals surface area contributed by atoms with Crippen LogP contribution in [0.4, 0.5) is 0 Å². The minimum absolute atomic E-state index is 0.225. The fourth-order valence-corrected chi connectivity index (χ4v) is 1.51. The molecule has 0 N–H and O–H groups in total. The molecular formula is C15H26O3. The zero-order valence-electron chi connectivity index (χ0n) is 11.7. The van der Waals surface area contributed by atoms with Gasteiger partial charge in [-0.2, -0.15) is 0 Å². The van der Waals surface area contributed by atoms with Gasteiger partial charge >= 0.3 is 5.97 Å². The van der Waals surface area contributed by atoms with E-state index in [2.05, 4.69) is 32.6 Å². The average molecular weight is 254 g/mol. The maximum Gasteiger partial charge on any atom is 0.330 e. The molecular weight excluding hydrogens is 228 g/mol. The smallest absolute Gasteiger partial charge is 0.330 e. The monoisotopic (exact) mass is 254 g/mol. The molecule has 3 heteroatoms. The van der Waals surface area contributed by atoms with Gasteiger partial charge in [0.2, 0.25) is 0 Å². The van der Waals surface area contributed by atoms with Gasteiger partial charge in [-0.25, -0.2) is 4.79 Å². The van der Waals surface area contributed by atoms with Gasteiger partial charge in [0, 0.05) is 6.08 Å². The molecule has 3 nitrogen and oxygen atoms in total. The Morgan fingerprint density at radius 2 is 2.06 bits per heavy atom. The summed E-state index contributed by atoms with van der Waals surface area (Å²) in [5.74, 6) is -0.394. The van der Waals surface area contributed by atoms with E-state index in [9.17, 15) is 4.79 Å². The van der Waals surface area contributed by atoms with Crippen LogP contribution in [0.15, 0.2) is 24.8 Å². The van der Waals surface area contributed by atoms with Crippen LogP contribution in [0.2, 0.25) is 0 Å². The Morgan fingerprint density at radius 3 is 2.72 bits per heavy atom. The van der Waals surface area contributed by atoms with Crippen LogP contribution < -0.4 is 0 Å². The molecule has 0 aromatic carbocycles. The van der Waals surface area contributed by atoms with Crippen LogP contribution in [0.3, 0.4) is 0 Å². The van der Waals surface area contributed by atoms with Crippen LogP contribution in [-0.4, -0.2) is 25.3 Å². The van der Waals surface area contributed by atoms with E-state index in [0.29, 0.717) is 13.2 Å². The summed E-state index contributed by atoms with van der Waals surface area (Å²) >= 11 is 0. The first-order valence-corrected chi connectivity index (χ1v) is 6.76. The lowest BCUT2D eigenvalue weighted by molar-refractivity contribution is -0.139. The third kappa shape index (κ3) is 11.4. The first-order chi connectivity index (χ1) is 8.70. The molecule has 0 aromatic heterocycles. The molecule has 0 aliphatic rings. The fraction of sp³-hybridized carbons (Fsp3) is 0.667. The number of hydrogen-bond donors (Lipinski definition) is 0. The van der Waals surface area contributed by atoms with Crippen LogP contribution in [0.5, 0.6) is 0 Å². The predicted octanol–water partition coefficient (Wildman–Crippen LogP) is 3.65. The molecule has 0 fully saturated rings. The minimum Gasteiger partial charge on any atom is -0.460 e. The Kier molecular flexibility index (Phi) is 11.6. The average Bonchev–Trinajstić information content (AvgIpc) is 2.38. The largest absolute Gasteiger partial charge is 0.460 e. The summed E-state index contributed by atoms with van der Waals surface area (Å²) in [6.45, 7) is 8.28. The van der Waals surface area contributed by atoms with Gasteiger partial charge in [0.25, 0.3) is 0 Å². The van der Waals surface area contributed by atoms with E-state index in [0.717, 1.165) is 25.3 Å². The second kappa shape index (κ2) is 12.4. The predicted molar refractivity (Wildman–Crippen MR) is 74.5 cm³/mol. The van der Waals surface area contributed by atoms with Crippen LogP contribution >= 0.6 is 0 Å². The summed E-state index contributed by atoms with van der Waals surface area (Å²) in [5, 5.41) is 0. The van der Waals surface area contributed by atoms with Crippen molar-refractivity contribution in [1.82, 2.24) is 0 Å². The van der Waals surface area contributed by atoms with Crippen molar-refractivity contribution in [3.8, 4) is 0 Å². The van der Waals surface area contributed by atoms with E-state index >= 15 is 0 Å². The van der Waals surface area contributed by atoms with Crippen LogP contribution in [0.25, 0.3) is 0 Å². The van der Waals surface area contributed by atoms with Crippen molar-refractivity contribution in [2.45, 2.75) is 52.1 Å². The normalized spacial score (nSPS) is 12.6. The number of esters is 1. The maximum atomic E-state index is 10.8. The van der Waals surface area contributed by atoms with Gasteiger partial charge in [0.05, 0.1) is 12.7 Å². The molecule has 1 atom stereocenters. The number of carbonyl (C=O) groups is 1. The van der Waals surface area contributed by atoms with E-state index < -0.39 is 5.97 Å². The third-order valence-electron chi connectivity index (χ3n) is 2.53. The van der Waals surface area contributed by atoms with Crippen LogP contribution in [0, 0.1) is 0 Å². The highest BCUT2D eigenvalue weighted by molar-refractivity contribution is 5.81. The molecule has 0 aliphatic carbocycles. The van der Waals surface area contributed by atoms with Crippen molar-refractivity contribution in [3.63, 3.8) is 0 Å². The molecule has 104 valence electrons. The molecule has 0 rings (SSSR count). The van der Waals surface area contributed by atoms with Gasteiger partial charge in [0.15, 0.2) is 0 Å². The molecule has 0 spiro atoms. The van der Waals surface area contributed by atoms with Crippen molar-refractivity contribution < 1.29 is 14.3 Å². The standard InChI is InChI=1S/C15H26O3/c1-4-6-7-8-9-10-11-14(3)17-12-13-18-15(16)5-2/h5-7,14H,2,4,8-13H2,1,3H3. The van der Waals surface area contributed by atoms with E-state index in [-0.39, 0.29) is 6.10 Å². The first-order valence-electron chi connectivity index (χ1n) is 6.76. The zero-order valence-corrected chi connectivity index (χ0v) is 11.7. The molecule has 0 saturated carbocycles. The highest BCUT2D eigenvalue weighted by atomic mass is 16.6. The molecule has 18 heavy (non-hydrogen) atoms. The van der Waals surface area contributed by atoms with Crippen molar-refractivity contribution in [3.05, 3.63) is 24.8 Å². The summed E-state index contributed by atoms with van der Waals surface area (Å²) in [4.78, 5) is 10.8. The quantitative estimate of drug-likeness (QED) is 0.244. The van der Waals surface area contributed by atoms with Crippen molar-refractivity contribution in [2.24, 2.45) is 0 Å². The molecule has 1 unspecified atom stereocenters. The Labute approximate surface area is 111 Å². The van der Waals surface area contributed by atoms with Crippen molar-refractivity contribution in [1.29, 1.82) is 0 Å². The highest BCUT2D eigenvalue weighted by Gasteiger charge is 2.02. The molecule has 0 radical (unpaired) electrons. The van der Waals surface area contributed by atoms with Gasteiger partial charge in [0.1, 0.15) is 6.61 Å². The number of rotatable bonds is 11. The summed E-state index contributed by atoms with van der Waals surface area (Å²) in [5.41, 5.74) is 0. The molecule has 0 amide bonds. The van der Waals surface area contributed by atoms with Gasteiger partial charge in [-0.15, -0.1) is 0 Å². The molecule has 0 aromatic rings. The summed E-state index contributed by atoms with van der Waals surface area (Å²) in [6.07, 6.45) is 11.5. The lowest BCUT2D eigenvalue weighted by Gasteiger charge is -2.12. The fourth-order valence-electron chi connectivity index (χ4n) is 1.51. The first kappa shape index (κ1) is 16.9. The lowest BCUT2D eigenvalue weighted by atomic mass is 10.1. The second-order valence-corrected chi connectivity index (χ2v) is 4.22. The highest BCUT2D eigenvalue weighted by Crippen LogP contribution is 2.07. The molecule has 0 heterocycles. The number of ether oxygens (including phenoxy) is 2. The van der Waals surface area contributed by atoms with Gasteiger partial charge in [-0.1, -0.05) is 32.1 Å². The topological polar surface area (TPSA) is 35.5 Å². The van der Waals surface area contributed by atoms with Crippen LogP contribution in [0.1, 0.15) is 46.0 Å². The SMILES string of the molecule is C=CC(=O)OCCOC(C)CCCCC=CCC. The van der Waals surface area contributed by atoms with Crippen LogP contribution in [-0.2, 0) is 14.3 Å². The second-order valence-electron chi connectivity index (χ2n) is 4.22. The van der Waals surface area contributed by atoms with Crippen molar-refractivity contribution in [2.75, 3.05) is 13.2 Å². The number of hydrogen-bond acceptors (Lipinski definition) is 3. The maximum absolute atomic E-state index is 10.8. The van der Waals surface area contributed by atoms with E-state index in [1.807, 2.05) is 0 Å². The van der Waals surface area contributed by atoms with Gasteiger partial charge in [-0.05, 0) is 32.6 Å². The Balaban J connectivity index is 3.32. The summed E-state index contributed by atoms with van der Waals surface area (Å²) in [7, 11) is 0. The summed E-state index contributed by atoms with van der Waals surface area (Å²) < 4.78 is 10.4. The third-order valence-corrected chi connectivity index (χ3v) is 2.53. The Hall–Kier alpha value is -1.09. The van der Waals surface area contributed by atoms with E-state index in [4.69, 9.17) is 9.47 Å². The van der Waals surface area contributed by atoms with Gasteiger partial charge < -0.3 is 9.47 Å². The lowest BCUT2D eigenvalue weighted by Crippen LogP contribution is -2.14. The summed E-state index contributed by atoms with van der Waals surface area (Å²) in [6, 6.07) is 0. The molecule has 0 saturated heterocycles. The zero-order chi connectivity index (χ0) is 13.6. The Morgan fingerprint density at radius 1 is 1.28 bits per heavy atom. The Bertz CT molecular complexity index is 246. The molecule has 0 bridgehead atoms. The van der Waals surface area contributed by atoms with E-state index in [1.54, 1.807) is 0 Å². The number of carbonyl (C=O) groups excluding carboxylic acids is 1. The number of unbranched alkanes of at least 4 members (excludes halogenated alkanes) is 2. The minimum atomic E-state index is -0.394. The van der Waals surface area contributed by atoms with E-state index in [1.165, 1.54) is 12.8 Å². The number of allylic oxidation sites excluding steroid dienone is 2. The van der Waals surface area contributed by atoms with Gasteiger partial charge in [-0.3, -0.25) is 0 Å².